The highest BCUT2D eigenvalue weighted by atomic mass is 19.3. The number of ether oxygens (including phenoxy) is 1. The fraction of sp³-hybridized carbons (Fsp3) is 0.333. The van der Waals surface area contributed by atoms with Crippen molar-refractivity contribution in [2.24, 2.45) is 0 Å². The van der Waals surface area contributed by atoms with Crippen LogP contribution in [0.1, 0.15) is 19.0 Å². The normalized spacial score (nSPS) is 11.7. The summed E-state index contributed by atoms with van der Waals surface area (Å²) in [6.07, 6.45) is -1.91. The van der Waals surface area contributed by atoms with Crippen molar-refractivity contribution in [3.63, 3.8) is 0 Å². The Kier molecular flexibility index (Phi) is 3.66. The van der Waals surface area contributed by atoms with Crippen molar-refractivity contribution in [3.05, 3.63) is 42.2 Å². The zero-order chi connectivity index (χ0) is 13.0. The lowest BCUT2D eigenvalue weighted by Crippen LogP contribution is -2.19. The molecule has 0 saturated heterocycles. The van der Waals surface area contributed by atoms with Crippen molar-refractivity contribution in [2.75, 3.05) is 0 Å². The molecular weight excluding hydrogens is 240 g/mol. The minimum Gasteiger partial charge on any atom is -0.314 e. The van der Waals surface area contributed by atoms with E-state index in [0.29, 0.717) is 5.69 Å². The van der Waals surface area contributed by atoms with E-state index in [1.54, 1.807) is 6.20 Å². The second-order valence-electron chi connectivity index (χ2n) is 3.77. The Morgan fingerprint density at radius 3 is 2.67 bits per heavy atom. The number of hydrogen-bond donors (Lipinski definition) is 0. The zero-order valence-corrected chi connectivity index (χ0v) is 9.88. The topological polar surface area (TPSA) is 39.9 Å². The molecule has 1 heterocycles. The van der Waals surface area contributed by atoms with E-state index in [-0.39, 0.29) is 13.0 Å². The molecule has 0 spiro atoms. The van der Waals surface area contributed by atoms with Gasteiger partial charge in [0.25, 0.3) is 0 Å². The third-order valence-corrected chi connectivity index (χ3v) is 2.40. The van der Waals surface area contributed by atoms with E-state index in [1.807, 2.05) is 30.3 Å². The molecule has 2 aromatic rings. The highest BCUT2D eigenvalue weighted by Crippen LogP contribution is 2.20. The lowest BCUT2D eigenvalue weighted by Gasteiger charge is -2.12. The van der Waals surface area contributed by atoms with Gasteiger partial charge in [-0.1, -0.05) is 30.3 Å². The smallest absolute Gasteiger partial charge is 0.314 e. The summed E-state index contributed by atoms with van der Waals surface area (Å²) in [5, 5.41) is 7.64. The van der Waals surface area contributed by atoms with E-state index in [9.17, 15) is 8.78 Å². The van der Waals surface area contributed by atoms with Gasteiger partial charge in [0, 0.05) is 6.42 Å². The van der Waals surface area contributed by atoms with Gasteiger partial charge >= 0.3 is 6.11 Å². The fourth-order valence-electron chi connectivity index (χ4n) is 1.35. The maximum atomic E-state index is 12.9. The number of hydrogen-bond acceptors (Lipinski definition) is 3. The second kappa shape index (κ2) is 5.22. The summed E-state index contributed by atoms with van der Waals surface area (Å²) in [4.78, 5) is 0. The Labute approximate surface area is 103 Å². The SMILES string of the molecule is CCC(F)(F)OCc1cn(-c2ccccc2)nn1. The van der Waals surface area contributed by atoms with E-state index >= 15 is 0 Å². The molecule has 0 N–H and O–H groups in total. The van der Waals surface area contributed by atoms with Crippen molar-refractivity contribution < 1.29 is 13.5 Å². The van der Waals surface area contributed by atoms with Crippen LogP contribution >= 0.6 is 0 Å². The molecule has 0 saturated carbocycles. The lowest BCUT2D eigenvalue weighted by atomic mass is 10.3. The van der Waals surface area contributed by atoms with Crippen molar-refractivity contribution >= 4 is 0 Å². The Morgan fingerprint density at radius 2 is 2.00 bits per heavy atom. The molecule has 0 aliphatic rings. The Bertz CT molecular complexity index is 499. The molecule has 0 fully saturated rings. The molecule has 2 rings (SSSR count). The number of halogens is 2. The number of para-hydroxylation sites is 1. The molecule has 0 aliphatic carbocycles. The molecule has 18 heavy (non-hydrogen) atoms. The molecule has 0 bridgehead atoms. The second-order valence-corrected chi connectivity index (χ2v) is 3.77. The van der Waals surface area contributed by atoms with Crippen molar-refractivity contribution in [1.29, 1.82) is 0 Å². The van der Waals surface area contributed by atoms with Gasteiger partial charge in [0.05, 0.1) is 18.5 Å². The van der Waals surface area contributed by atoms with Gasteiger partial charge in [0.1, 0.15) is 5.69 Å². The van der Waals surface area contributed by atoms with Gasteiger partial charge in [-0.2, -0.15) is 8.78 Å². The van der Waals surface area contributed by atoms with E-state index in [4.69, 9.17) is 0 Å². The maximum Gasteiger partial charge on any atom is 0.355 e. The molecular formula is C12H13F2N3O. The number of alkyl halides is 2. The van der Waals surface area contributed by atoms with Crippen molar-refractivity contribution in [1.82, 2.24) is 15.0 Å². The van der Waals surface area contributed by atoms with E-state index in [0.717, 1.165) is 5.69 Å². The summed E-state index contributed by atoms with van der Waals surface area (Å²) < 4.78 is 31.8. The molecule has 0 aliphatic heterocycles. The Hall–Kier alpha value is -1.82. The molecule has 6 heteroatoms. The van der Waals surface area contributed by atoms with Crippen LogP contribution < -0.4 is 0 Å². The fourth-order valence-corrected chi connectivity index (χ4v) is 1.35. The third kappa shape index (κ3) is 3.10. The monoisotopic (exact) mass is 253 g/mol. The van der Waals surface area contributed by atoms with Crippen LogP contribution in [0.4, 0.5) is 8.78 Å². The van der Waals surface area contributed by atoms with Crippen LogP contribution in [0.15, 0.2) is 36.5 Å². The van der Waals surface area contributed by atoms with Crippen LogP contribution in [-0.4, -0.2) is 21.1 Å². The number of nitrogens with zero attached hydrogens (tertiary/aromatic N) is 3. The van der Waals surface area contributed by atoms with E-state index < -0.39 is 6.11 Å². The van der Waals surface area contributed by atoms with Gasteiger partial charge in [-0.3, -0.25) is 0 Å². The van der Waals surface area contributed by atoms with Gasteiger partial charge in [0.15, 0.2) is 0 Å². The molecule has 1 aromatic carbocycles. The summed E-state index contributed by atoms with van der Waals surface area (Å²) in [7, 11) is 0. The van der Waals surface area contributed by atoms with Crippen LogP contribution in [-0.2, 0) is 11.3 Å². The van der Waals surface area contributed by atoms with Gasteiger partial charge in [-0.25, -0.2) is 4.68 Å². The summed E-state index contributed by atoms with van der Waals surface area (Å²) in [6.45, 7) is 1.11. The standard InChI is InChI=1S/C12H13F2N3O/c1-2-12(13,14)18-9-10-8-17(16-15-10)11-6-4-3-5-7-11/h3-8H,2,9H2,1H3. The molecule has 0 amide bonds. The highest BCUT2D eigenvalue weighted by molar-refractivity contribution is 5.29. The van der Waals surface area contributed by atoms with Crippen LogP contribution in [0.3, 0.4) is 0 Å². The third-order valence-electron chi connectivity index (χ3n) is 2.40. The molecule has 0 radical (unpaired) electrons. The first-order valence-corrected chi connectivity index (χ1v) is 5.59. The molecule has 0 atom stereocenters. The predicted molar refractivity (Wildman–Crippen MR) is 61.4 cm³/mol. The highest BCUT2D eigenvalue weighted by Gasteiger charge is 2.27. The average molecular weight is 253 g/mol. The van der Waals surface area contributed by atoms with Crippen molar-refractivity contribution in [3.8, 4) is 5.69 Å². The Morgan fingerprint density at radius 1 is 1.28 bits per heavy atom. The zero-order valence-electron chi connectivity index (χ0n) is 9.88. The first-order valence-electron chi connectivity index (χ1n) is 5.59. The lowest BCUT2D eigenvalue weighted by molar-refractivity contribution is -0.247. The summed E-state index contributed by atoms with van der Waals surface area (Å²) >= 11 is 0. The van der Waals surface area contributed by atoms with E-state index in [1.165, 1.54) is 11.6 Å². The van der Waals surface area contributed by atoms with Crippen LogP contribution in [0.2, 0.25) is 0 Å². The van der Waals surface area contributed by atoms with Crippen LogP contribution in [0.25, 0.3) is 5.69 Å². The summed E-state index contributed by atoms with van der Waals surface area (Å²) in [5.74, 6) is 0. The minimum atomic E-state index is -3.11. The number of aromatic nitrogens is 3. The molecule has 1 aromatic heterocycles. The summed E-state index contributed by atoms with van der Waals surface area (Å²) in [6, 6.07) is 9.29. The first kappa shape index (κ1) is 12.6. The van der Waals surface area contributed by atoms with E-state index in [2.05, 4.69) is 15.0 Å². The first-order chi connectivity index (χ1) is 8.61. The van der Waals surface area contributed by atoms with Gasteiger partial charge in [-0.15, -0.1) is 5.10 Å². The van der Waals surface area contributed by atoms with Gasteiger partial charge in [0.2, 0.25) is 0 Å². The molecule has 4 nitrogen and oxygen atoms in total. The largest absolute Gasteiger partial charge is 0.355 e. The number of rotatable bonds is 5. The van der Waals surface area contributed by atoms with Gasteiger partial charge in [-0.05, 0) is 12.1 Å². The minimum absolute atomic E-state index is 0.256. The Balaban J connectivity index is 2.03. The molecule has 96 valence electrons. The maximum absolute atomic E-state index is 12.9. The number of benzene rings is 1. The van der Waals surface area contributed by atoms with Crippen LogP contribution in [0, 0.1) is 0 Å². The van der Waals surface area contributed by atoms with Crippen LogP contribution in [0.5, 0.6) is 0 Å². The van der Waals surface area contributed by atoms with Gasteiger partial charge < -0.3 is 4.74 Å². The van der Waals surface area contributed by atoms with Crippen molar-refractivity contribution in [2.45, 2.75) is 26.1 Å². The summed E-state index contributed by atoms with van der Waals surface area (Å²) in [5.41, 5.74) is 1.19. The predicted octanol–water partition coefficient (Wildman–Crippen LogP) is 2.79. The average Bonchev–Trinajstić information content (AvgIpc) is 2.86. The quantitative estimate of drug-likeness (QED) is 0.822. The molecule has 0 unspecified atom stereocenters.